The number of hydrogen-bond acceptors (Lipinski definition) is 5. The number of carbonyl (C=O) groups excluding carboxylic acids is 3. The second-order valence-electron chi connectivity index (χ2n) is 6.48. The van der Waals surface area contributed by atoms with Crippen molar-refractivity contribution in [2.75, 3.05) is 0 Å². The zero-order valence-electron chi connectivity index (χ0n) is 13.1. The van der Waals surface area contributed by atoms with Gasteiger partial charge in [0, 0.05) is 6.42 Å². The van der Waals surface area contributed by atoms with Gasteiger partial charge in [0.05, 0.1) is 0 Å². The number of alkyl carbamates (subject to hydrolysis) is 1. The first-order valence-corrected chi connectivity index (χ1v) is 6.60. The molecule has 6 nitrogen and oxygen atoms in total. The molecule has 0 aliphatic carbocycles. The fourth-order valence-corrected chi connectivity index (χ4v) is 1.31. The lowest BCUT2D eigenvalue weighted by molar-refractivity contribution is -0.157. The third-order valence-corrected chi connectivity index (χ3v) is 1.96. The summed E-state index contributed by atoms with van der Waals surface area (Å²) in [6.07, 6.45) is 0.310. The summed E-state index contributed by atoms with van der Waals surface area (Å²) in [6, 6.07) is -0.894. The van der Waals surface area contributed by atoms with E-state index in [0.29, 0.717) is 6.29 Å². The fraction of sp³-hybridized carbons (Fsp3) is 0.786. The molecule has 0 aromatic heterocycles. The minimum Gasteiger partial charge on any atom is -0.458 e. The lowest BCUT2D eigenvalue weighted by Gasteiger charge is -2.26. The molecule has 1 N–H and O–H groups in total. The molecule has 116 valence electrons. The van der Waals surface area contributed by atoms with Gasteiger partial charge < -0.3 is 19.6 Å². The highest BCUT2D eigenvalue weighted by molar-refractivity contribution is 5.82. The summed E-state index contributed by atoms with van der Waals surface area (Å²) in [4.78, 5) is 34.1. The first kappa shape index (κ1) is 18.4. The standard InChI is InChI=1S/C14H25NO5/c1-13(2,3)19-11(17)10(8-7-9-16)15-12(18)20-14(4,5)6/h9-10H,7-8H2,1-6H3,(H,15,18)/t10-/m1/s1. The molecule has 0 saturated heterocycles. The fourth-order valence-electron chi connectivity index (χ4n) is 1.31. The smallest absolute Gasteiger partial charge is 0.408 e. The Bertz CT molecular complexity index is 352. The van der Waals surface area contributed by atoms with E-state index in [9.17, 15) is 14.4 Å². The van der Waals surface area contributed by atoms with Gasteiger partial charge in [-0.25, -0.2) is 9.59 Å². The van der Waals surface area contributed by atoms with Gasteiger partial charge in [0.2, 0.25) is 0 Å². The van der Waals surface area contributed by atoms with Crippen LogP contribution in [0.1, 0.15) is 54.4 Å². The van der Waals surface area contributed by atoms with Crippen LogP contribution in [-0.2, 0) is 19.1 Å². The van der Waals surface area contributed by atoms with E-state index in [1.165, 1.54) is 0 Å². The van der Waals surface area contributed by atoms with Crippen LogP contribution in [0, 0.1) is 0 Å². The van der Waals surface area contributed by atoms with Crippen molar-refractivity contribution >= 4 is 18.3 Å². The quantitative estimate of drug-likeness (QED) is 0.619. The van der Waals surface area contributed by atoms with Crippen LogP contribution in [-0.4, -0.2) is 35.6 Å². The van der Waals surface area contributed by atoms with E-state index in [4.69, 9.17) is 9.47 Å². The average molecular weight is 287 g/mol. The Morgan fingerprint density at radius 3 is 1.95 bits per heavy atom. The van der Waals surface area contributed by atoms with Crippen molar-refractivity contribution in [3.8, 4) is 0 Å². The van der Waals surface area contributed by atoms with Crippen LogP contribution < -0.4 is 5.32 Å². The molecule has 0 bridgehead atoms. The Hall–Kier alpha value is -1.59. The molecule has 0 rings (SSSR count). The van der Waals surface area contributed by atoms with E-state index >= 15 is 0 Å². The minimum atomic E-state index is -0.894. The number of nitrogens with one attached hydrogen (secondary N) is 1. The summed E-state index contributed by atoms with van der Waals surface area (Å²) < 4.78 is 10.3. The average Bonchev–Trinajstić information content (AvgIpc) is 2.18. The normalized spacial score (nSPS) is 13.3. The Morgan fingerprint density at radius 1 is 1.05 bits per heavy atom. The zero-order chi connectivity index (χ0) is 16.0. The van der Waals surface area contributed by atoms with Crippen LogP contribution in [0.25, 0.3) is 0 Å². The lowest BCUT2D eigenvalue weighted by atomic mass is 10.1. The third kappa shape index (κ3) is 9.35. The maximum absolute atomic E-state index is 12.0. The van der Waals surface area contributed by atoms with E-state index < -0.39 is 29.3 Å². The van der Waals surface area contributed by atoms with Crippen molar-refractivity contribution in [2.24, 2.45) is 0 Å². The number of esters is 1. The predicted molar refractivity (Wildman–Crippen MR) is 74.3 cm³/mol. The molecule has 0 spiro atoms. The SMILES string of the molecule is CC(C)(C)OC(=O)N[C@H](CCC=O)C(=O)OC(C)(C)C. The summed E-state index contributed by atoms with van der Waals surface area (Å²) in [6.45, 7) is 10.4. The molecule has 20 heavy (non-hydrogen) atoms. The van der Waals surface area contributed by atoms with Crippen LogP contribution in [0.5, 0.6) is 0 Å². The molecule has 0 aromatic carbocycles. The first-order chi connectivity index (χ1) is 8.94. The second-order valence-corrected chi connectivity index (χ2v) is 6.48. The van der Waals surface area contributed by atoms with Crippen LogP contribution in [0.4, 0.5) is 4.79 Å². The number of carbonyl (C=O) groups is 3. The van der Waals surface area contributed by atoms with Crippen LogP contribution in [0.15, 0.2) is 0 Å². The van der Waals surface area contributed by atoms with Crippen molar-refractivity contribution in [2.45, 2.75) is 71.6 Å². The molecule has 0 aliphatic heterocycles. The highest BCUT2D eigenvalue weighted by atomic mass is 16.6. The van der Waals surface area contributed by atoms with Gasteiger partial charge in [0.1, 0.15) is 23.5 Å². The van der Waals surface area contributed by atoms with E-state index in [1.807, 2.05) is 0 Å². The molecule has 0 aromatic rings. The topological polar surface area (TPSA) is 81.7 Å². The highest BCUT2D eigenvalue weighted by Crippen LogP contribution is 2.12. The van der Waals surface area contributed by atoms with Crippen molar-refractivity contribution < 1.29 is 23.9 Å². The Kier molecular flexibility index (Phi) is 6.68. The molecule has 1 amide bonds. The lowest BCUT2D eigenvalue weighted by Crippen LogP contribution is -2.46. The van der Waals surface area contributed by atoms with Crippen LogP contribution in [0.2, 0.25) is 0 Å². The maximum atomic E-state index is 12.0. The van der Waals surface area contributed by atoms with Crippen molar-refractivity contribution in [3.05, 3.63) is 0 Å². The van der Waals surface area contributed by atoms with Gasteiger partial charge in [-0.3, -0.25) is 0 Å². The summed E-state index contributed by atoms with van der Waals surface area (Å²) in [7, 11) is 0. The van der Waals surface area contributed by atoms with Crippen molar-refractivity contribution in [1.82, 2.24) is 5.32 Å². The van der Waals surface area contributed by atoms with Crippen molar-refractivity contribution in [1.29, 1.82) is 0 Å². The van der Waals surface area contributed by atoms with Gasteiger partial charge in [0.25, 0.3) is 0 Å². The minimum absolute atomic E-state index is 0.152. The van der Waals surface area contributed by atoms with Gasteiger partial charge in [-0.1, -0.05) is 0 Å². The van der Waals surface area contributed by atoms with E-state index in [0.717, 1.165) is 0 Å². The molecule has 0 fully saturated rings. The molecular formula is C14H25NO5. The van der Waals surface area contributed by atoms with Crippen LogP contribution in [0.3, 0.4) is 0 Å². The summed E-state index contributed by atoms with van der Waals surface area (Å²) in [5.74, 6) is -0.579. The molecule has 0 radical (unpaired) electrons. The number of amides is 1. The molecule has 0 unspecified atom stereocenters. The van der Waals surface area contributed by atoms with E-state index in [2.05, 4.69) is 5.32 Å². The molecule has 0 saturated carbocycles. The summed E-state index contributed by atoms with van der Waals surface area (Å²) >= 11 is 0. The second kappa shape index (κ2) is 7.26. The summed E-state index contributed by atoms with van der Waals surface area (Å²) in [5, 5.41) is 2.44. The van der Waals surface area contributed by atoms with E-state index in [-0.39, 0.29) is 12.8 Å². The van der Waals surface area contributed by atoms with Crippen LogP contribution >= 0.6 is 0 Å². The van der Waals surface area contributed by atoms with E-state index in [1.54, 1.807) is 41.5 Å². The molecular weight excluding hydrogens is 262 g/mol. The van der Waals surface area contributed by atoms with Gasteiger partial charge in [-0.2, -0.15) is 0 Å². The third-order valence-electron chi connectivity index (χ3n) is 1.96. The maximum Gasteiger partial charge on any atom is 0.408 e. The number of aldehydes is 1. The molecule has 1 atom stereocenters. The Balaban J connectivity index is 4.67. The van der Waals surface area contributed by atoms with Crippen molar-refractivity contribution in [3.63, 3.8) is 0 Å². The predicted octanol–water partition coefficient (Wildman–Crippen LogP) is 2.20. The highest BCUT2D eigenvalue weighted by Gasteiger charge is 2.28. The van der Waals surface area contributed by atoms with Gasteiger partial charge in [0.15, 0.2) is 0 Å². The largest absolute Gasteiger partial charge is 0.458 e. The monoisotopic (exact) mass is 287 g/mol. The van der Waals surface area contributed by atoms with Gasteiger partial charge >= 0.3 is 12.1 Å². The number of rotatable bonds is 5. The van der Waals surface area contributed by atoms with Gasteiger partial charge in [-0.15, -0.1) is 0 Å². The number of hydrogen-bond donors (Lipinski definition) is 1. The molecule has 0 heterocycles. The summed E-state index contributed by atoms with van der Waals surface area (Å²) in [5.41, 5.74) is -1.32. The Morgan fingerprint density at radius 2 is 1.55 bits per heavy atom. The molecule has 6 heteroatoms. The molecule has 0 aliphatic rings. The first-order valence-electron chi connectivity index (χ1n) is 6.60. The Labute approximate surface area is 120 Å². The zero-order valence-corrected chi connectivity index (χ0v) is 13.1. The van der Waals surface area contributed by atoms with Gasteiger partial charge in [-0.05, 0) is 48.0 Å². The number of ether oxygens (including phenoxy) is 2.